The molecule has 1 aromatic carbocycles. The van der Waals surface area contributed by atoms with Crippen LogP contribution in [0.3, 0.4) is 0 Å². The number of pyridine rings is 1. The molecule has 1 saturated carbocycles. The highest BCUT2D eigenvalue weighted by atomic mass is 32.1. The smallest absolute Gasteiger partial charge is 0.271 e. The van der Waals surface area contributed by atoms with Crippen LogP contribution >= 0.6 is 68.0 Å². The fraction of sp³-hybridized carbons (Fsp3) is 0.410. The van der Waals surface area contributed by atoms with Gasteiger partial charge in [0.15, 0.2) is 5.78 Å². The molecule has 1 fully saturated rings. The number of nitrogens with two attached hydrogens (primary N) is 1. The number of ketones is 1. The number of amides is 6. The Kier molecular flexibility index (Phi) is 22.4. The number of carbonyl (C=O) groups excluding carboxylic acids is 7. The normalized spacial score (nSPS) is 18.6. The van der Waals surface area contributed by atoms with Gasteiger partial charge in [0.2, 0.25) is 23.6 Å². The molecule has 2 aliphatic rings. The maximum Gasteiger partial charge on any atom is 0.271 e. The van der Waals surface area contributed by atoms with Crippen LogP contribution in [0.2, 0.25) is 0 Å². The molecule has 6 amide bonds. The van der Waals surface area contributed by atoms with E-state index in [0.717, 1.165) is 19.5 Å². The van der Waals surface area contributed by atoms with Crippen LogP contribution in [0, 0.1) is 24.7 Å². The SMILES string of the molecule is CNC(=O)C[C@@H]1NC(=O)c2csc(n2)-c2ccc(-c3nc(NC(=O)C4CCC(C(=O)NCCCNCCN)CC4)cs3)nc2-c2csc(n2)-c2csc(n2)[C@H]([C@@H](O)c2ccccc2)NC(=O)CNC(=O)c2nc(sc2COC)[C@H](C(C)C)CC(=O)c2nc1sc2C. The number of rotatable bonds is 17. The quantitative estimate of drug-likeness (QED) is 0.0390. The van der Waals surface area contributed by atoms with E-state index >= 15 is 0 Å². The van der Waals surface area contributed by atoms with Crippen LogP contribution in [0.5, 0.6) is 0 Å². The van der Waals surface area contributed by atoms with E-state index in [1.165, 1.54) is 82.2 Å². The van der Waals surface area contributed by atoms with Crippen molar-refractivity contribution in [3.8, 4) is 43.4 Å². The molecular weight excluding hydrogens is 1280 g/mol. The molecule has 0 spiro atoms. The van der Waals surface area contributed by atoms with Gasteiger partial charge in [0.25, 0.3) is 11.8 Å². The number of aliphatic hydroxyl groups is 1. The van der Waals surface area contributed by atoms with Gasteiger partial charge in [-0.15, -0.1) is 68.0 Å². The number of carbonyl (C=O) groups is 7. The molecule has 30 heteroatoms. The fourth-order valence-corrected chi connectivity index (χ4v) is 16.1. The van der Waals surface area contributed by atoms with Crippen molar-refractivity contribution in [1.29, 1.82) is 0 Å². The Labute approximate surface area is 548 Å². The molecule has 24 nitrogen and oxygen atoms in total. The second-order valence-corrected chi connectivity index (χ2v) is 28.0. The molecule has 0 saturated heterocycles. The summed E-state index contributed by atoms with van der Waals surface area (Å²) in [6, 6.07) is 10.4. The Morgan fingerprint density at radius 3 is 2.16 bits per heavy atom. The molecule has 7 aromatic heterocycles. The van der Waals surface area contributed by atoms with Gasteiger partial charge in [-0.25, -0.2) is 34.9 Å². The number of aryl methyl sites for hydroxylation is 1. The minimum Gasteiger partial charge on any atom is -0.386 e. The van der Waals surface area contributed by atoms with Gasteiger partial charge < -0.3 is 52.8 Å². The molecule has 0 unspecified atom stereocenters. The van der Waals surface area contributed by atoms with Crippen molar-refractivity contribution in [3.63, 3.8) is 0 Å². The van der Waals surface area contributed by atoms with E-state index in [9.17, 15) is 38.7 Å². The summed E-state index contributed by atoms with van der Waals surface area (Å²) in [5.41, 5.74) is 8.53. The predicted molar refractivity (Wildman–Crippen MR) is 352 cm³/mol. The lowest BCUT2D eigenvalue weighted by atomic mass is 9.81. The summed E-state index contributed by atoms with van der Waals surface area (Å²) in [7, 11) is 2.97. The Bertz CT molecular complexity index is 3910. The maximum atomic E-state index is 14.4. The molecule has 478 valence electrons. The average molecular weight is 1350 g/mol. The van der Waals surface area contributed by atoms with Gasteiger partial charge >= 0.3 is 0 Å². The van der Waals surface area contributed by atoms with Crippen LogP contribution in [0.25, 0.3) is 43.4 Å². The first-order valence-electron chi connectivity index (χ1n) is 29.6. The van der Waals surface area contributed by atoms with Gasteiger partial charge in [0.05, 0.1) is 41.2 Å². The number of nitrogens with one attached hydrogen (secondary N) is 7. The van der Waals surface area contributed by atoms with E-state index in [2.05, 4.69) is 37.2 Å². The van der Waals surface area contributed by atoms with E-state index in [-0.39, 0.29) is 77.8 Å². The average Bonchev–Trinajstić information content (AvgIpc) is 1.95. The zero-order valence-electron chi connectivity index (χ0n) is 50.5. The van der Waals surface area contributed by atoms with Crippen LogP contribution in [0.15, 0.2) is 64.0 Å². The van der Waals surface area contributed by atoms with Crippen LogP contribution in [-0.2, 0) is 30.5 Å². The van der Waals surface area contributed by atoms with Gasteiger partial charge in [-0.1, -0.05) is 44.2 Å². The summed E-state index contributed by atoms with van der Waals surface area (Å²) >= 11 is 7.38. The van der Waals surface area contributed by atoms with Crippen molar-refractivity contribution in [2.45, 2.75) is 96.4 Å². The maximum absolute atomic E-state index is 14.4. The number of anilines is 1. The molecule has 1 aliphatic carbocycles. The van der Waals surface area contributed by atoms with Crippen LogP contribution in [0.4, 0.5) is 5.82 Å². The van der Waals surface area contributed by atoms with E-state index in [1.807, 2.05) is 31.4 Å². The summed E-state index contributed by atoms with van der Waals surface area (Å²) in [4.78, 5) is 132. The number of Topliss-reactive ketones (excluding diaryl/α,β-unsaturated/α-hetero) is 1. The van der Waals surface area contributed by atoms with Crippen molar-refractivity contribution in [3.05, 3.63) is 111 Å². The number of hydrogen-bond acceptors (Lipinski definition) is 24. The summed E-state index contributed by atoms with van der Waals surface area (Å²) in [6.45, 7) is 7.80. The second-order valence-electron chi connectivity index (χ2n) is 22.2. The summed E-state index contributed by atoms with van der Waals surface area (Å²) < 4.78 is 5.48. The first-order valence-corrected chi connectivity index (χ1v) is 34.8. The predicted octanol–water partition coefficient (Wildman–Crippen LogP) is 8.00. The number of methoxy groups -OCH3 is 1. The first-order chi connectivity index (χ1) is 44.0. The molecule has 0 radical (unpaired) electrons. The molecule has 8 heterocycles. The zero-order chi connectivity index (χ0) is 64.3. The van der Waals surface area contributed by atoms with Crippen molar-refractivity contribution in [2.24, 2.45) is 23.5 Å². The number of thiazole rings is 6. The minimum atomic E-state index is -1.27. The number of aromatic nitrogens is 7. The Balaban J connectivity index is 0.973. The first kappa shape index (κ1) is 66.4. The minimum absolute atomic E-state index is 0.0112. The van der Waals surface area contributed by atoms with Gasteiger partial charge in [0, 0.05) is 89.9 Å². The molecule has 4 atom stereocenters. The number of ether oxygens (including phenoxy) is 1. The number of fused-ring (bicyclic) bond motifs is 14. The van der Waals surface area contributed by atoms with Crippen LogP contribution in [-0.4, -0.2) is 128 Å². The molecule has 8 aromatic rings. The van der Waals surface area contributed by atoms with Gasteiger partial charge in [-0.3, -0.25) is 33.6 Å². The van der Waals surface area contributed by atoms with Gasteiger partial charge in [0.1, 0.15) is 77.2 Å². The van der Waals surface area contributed by atoms with E-state index < -0.39 is 48.4 Å². The van der Waals surface area contributed by atoms with Crippen LogP contribution in [0.1, 0.15) is 145 Å². The van der Waals surface area contributed by atoms with Crippen molar-refractivity contribution < 1.29 is 43.4 Å². The standard InChI is InChI=1S/C61H69N15O9S6/c1-30(2)36-22-42(77)47-31(3)90-60(75-47)38(23-45(78)63-4)68-54(83)40-27-86-56(70-40)35-16-17-37(58-73-44(29-89-58)72-53(82)34-14-12-33(13-15-34)52(81)65-20-9-19-64-21-18-62)67-48(35)39-26-87-59(69-39)41-28-88-61(71-41)50(51(80)32-10-7-6-8-11-32)74-46(79)24-66-55(84)49-43(25-85-5)91-57(36)76-49/h6-8,10-11,16-17,26-30,33-34,36,38,50-51,64,80H,9,12-15,18-25,62H2,1-5H3,(H,63,78)(H,65,81)(H,66,84)(H,68,83)(H,72,82)(H,74,79)/t33?,34?,36-,38-,50-,51-/m0/s1. The molecule has 10 bridgehead atoms. The number of hydrogen-bond donors (Lipinski definition) is 9. The lowest BCUT2D eigenvalue weighted by Crippen LogP contribution is -2.40. The highest BCUT2D eigenvalue weighted by molar-refractivity contribution is 7.15. The molecule has 91 heavy (non-hydrogen) atoms. The summed E-state index contributed by atoms with van der Waals surface area (Å²) in [5, 5.41) is 41.9. The van der Waals surface area contributed by atoms with Gasteiger partial charge in [-0.2, -0.15) is 0 Å². The zero-order valence-corrected chi connectivity index (χ0v) is 55.4. The number of benzene rings is 1. The third kappa shape index (κ3) is 16.2. The molecule has 10 N–H and O–H groups in total. The third-order valence-corrected chi connectivity index (χ3v) is 21.3. The van der Waals surface area contributed by atoms with E-state index in [0.29, 0.717) is 118 Å². The Morgan fingerprint density at radius 1 is 0.714 bits per heavy atom. The Morgan fingerprint density at radius 2 is 1.42 bits per heavy atom. The molecular formula is C61H69N15O9S6. The second kappa shape index (κ2) is 30.7. The number of aliphatic hydroxyl groups excluding tert-OH is 1. The van der Waals surface area contributed by atoms with E-state index in [4.69, 9.17) is 45.4 Å². The fourth-order valence-electron chi connectivity index (χ4n) is 10.5. The topological polar surface area (TPSA) is 349 Å². The summed E-state index contributed by atoms with van der Waals surface area (Å²) in [5.74, 6) is -3.41. The van der Waals surface area contributed by atoms with Crippen molar-refractivity contribution >= 4 is 115 Å². The Hall–Kier alpha value is -7.52. The van der Waals surface area contributed by atoms with E-state index in [1.54, 1.807) is 53.4 Å². The molecule has 1 aliphatic heterocycles. The summed E-state index contributed by atoms with van der Waals surface area (Å²) in [6.07, 6.45) is 1.62. The third-order valence-electron chi connectivity index (χ3n) is 15.5. The molecule has 10 rings (SSSR count). The highest BCUT2D eigenvalue weighted by Crippen LogP contribution is 2.41. The largest absolute Gasteiger partial charge is 0.386 e. The monoisotopic (exact) mass is 1350 g/mol. The van der Waals surface area contributed by atoms with Crippen LogP contribution < -0.4 is 43.0 Å². The highest BCUT2D eigenvalue weighted by Gasteiger charge is 2.34. The van der Waals surface area contributed by atoms with Crippen molar-refractivity contribution in [1.82, 2.24) is 66.8 Å². The van der Waals surface area contributed by atoms with Gasteiger partial charge in [-0.05, 0) is 69.2 Å². The number of nitrogens with zero attached hydrogens (tertiary/aromatic N) is 7. The lowest BCUT2D eigenvalue weighted by molar-refractivity contribution is -0.128. The van der Waals surface area contributed by atoms with Crippen molar-refractivity contribution in [2.75, 3.05) is 52.2 Å². The lowest BCUT2D eigenvalue weighted by Gasteiger charge is -2.26.